The summed E-state index contributed by atoms with van der Waals surface area (Å²) < 4.78 is 10.3. The number of amides is 2. The highest BCUT2D eigenvalue weighted by Gasteiger charge is 2.24. The van der Waals surface area contributed by atoms with Crippen LogP contribution in [0.25, 0.3) is 0 Å². The second-order valence-corrected chi connectivity index (χ2v) is 7.72. The first kappa shape index (κ1) is 20.2. The SMILES string of the molecule is CC(CN(CCN1CCCC1)C(=O)c1ccno1)NC(=O)OC(C)(C)C. The van der Waals surface area contributed by atoms with Gasteiger partial charge in [0, 0.05) is 31.7 Å². The fourth-order valence-corrected chi connectivity index (χ4v) is 2.91. The molecule has 0 saturated carbocycles. The fourth-order valence-electron chi connectivity index (χ4n) is 2.91. The second kappa shape index (κ2) is 9.02. The zero-order valence-electron chi connectivity index (χ0n) is 16.2. The number of hydrogen-bond acceptors (Lipinski definition) is 6. The number of aromatic nitrogens is 1. The second-order valence-electron chi connectivity index (χ2n) is 7.72. The molecular weight excluding hydrogens is 336 g/mol. The maximum atomic E-state index is 12.7. The van der Waals surface area contributed by atoms with Crippen LogP contribution in [-0.4, -0.2) is 71.3 Å². The van der Waals surface area contributed by atoms with Crippen molar-refractivity contribution < 1.29 is 18.8 Å². The van der Waals surface area contributed by atoms with E-state index in [-0.39, 0.29) is 17.7 Å². The highest BCUT2D eigenvalue weighted by atomic mass is 16.6. The Bertz CT molecular complexity index is 577. The van der Waals surface area contributed by atoms with E-state index in [9.17, 15) is 9.59 Å². The molecule has 2 rings (SSSR count). The Morgan fingerprint density at radius 1 is 1.38 bits per heavy atom. The summed E-state index contributed by atoms with van der Waals surface area (Å²) in [5.74, 6) is -0.0181. The number of carbonyl (C=O) groups is 2. The van der Waals surface area contributed by atoms with Crippen LogP contribution in [0.5, 0.6) is 0 Å². The average Bonchev–Trinajstić information content (AvgIpc) is 3.21. The van der Waals surface area contributed by atoms with Crippen molar-refractivity contribution in [1.82, 2.24) is 20.3 Å². The Kier molecular flexibility index (Phi) is 7.02. The molecule has 0 aliphatic carbocycles. The molecule has 1 atom stereocenters. The molecule has 0 aromatic carbocycles. The van der Waals surface area contributed by atoms with Gasteiger partial charge in [-0.15, -0.1) is 0 Å². The summed E-state index contributed by atoms with van der Waals surface area (Å²) in [7, 11) is 0. The van der Waals surface area contributed by atoms with Crippen LogP contribution in [0.1, 0.15) is 51.1 Å². The number of ether oxygens (including phenoxy) is 1. The predicted molar refractivity (Wildman–Crippen MR) is 96.9 cm³/mol. The minimum Gasteiger partial charge on any atom is -0.444 e. The van der Waals surface area contributed by atoms with Gasteiger partial charge in [0.25, 0.3) is 5.91 Å². The molecule has 1 N–H and O–H groups in total. The van der Waals surface area contributed by atoms with Crippen LogP contribution >= 0.6 is 0 Å². The van der Waals surface area contributed by atoms with Gasteiger partial charge in [-0.05, 0) is 53.6 Å². The Morgan fingerprint density at radius 2 is 2.08 bits per heavy atom. The van der Waals surface area contributed by atoms with Gasteiger partial charge in [-0.3, -0.25) is 4.79 Å². The summed E-state index contributed by atoms with van der Waals surface area (Å²) in [6.07, 6.45) is 3.37. The summed E-state index contributed by atoms with van der Waals surface area (Å²) in [6, 6.07) is 1.30. The minimum atomic E-state index is -0.561. The summed E-state index contributed by atoms with van der Waals surface area (Å²) in [4.78, 5) is 28.7. The third kappa shape index (κ3) is 6.67. The van der Waals surface area contributed by atoms with Crippen LogP contribution in [0.2, 0.25) is 0 Å². The molecule has 1 fully saturated rings. The molecule has 1 aliphatic heterocycles. The van der Waals surface area contributed by atoms with E-state index >= 15 is 0 Å². The first-order valence-electron chi connectivity index (χ1n) is 9.16. The third-order valence-electron chi connectivity index (χ3n) is 4.08. The lowest BCUT2D eigenvalue weighted by atomic mass is 10.2. The number of nitrogens with zero attached hydrogens (tertiary/aromatic N) is 3. The Balaban J connectivity index is 1.93. The monoisotopic (exact) mass is 366 g/mol. The highest BCUT2D eigenvalue weighted by Crippen LogP contribution is 2.10. The standard InChI is InChI=1S/C18H30N4O4/c1-14(20-17(24)25-18(2,3)4)13-22(12-11-21-9-5-6-10-21)16(23)15-7-8-19-26-15/h7-8,14H,5-6,9-13H2,1-4H3,(H,20,24). The first-order chi connectivity index (χ1) is 12.2. The number of carbonyl (C=O) groups excluding carboxylic acids is 2. The lowest BCUT2D eigenvalue weighted by molar-refractivity contribution is 0.0479. The lowest BCUT2D eigenvalue weighted by Crippen LogP contribution is -2.47. The summed E-state index contributed by atoms with van der Waals surface area (Å²) in [5.41, 5.74) is -0.561. The normalized spacial score (nSPS) is 16.3. The zero-order valence-corrected chi connectivity index (χ0v) is 16.2. The molecule has 8 nitrogen and oxygen atoms in total. The van der Waals surface area contributed by atoms with Crippen molar-refractivity contribution in [3.63, 3.8) is 0 Å². The number of hydrogen-bond donors (Lipinski definition) is 1. The molecule has 0 bridgehead atoms. The molecule has 1 aliphatic rings. The summed E-state index contributed by atoms with van der Waals surface area (Å²) >= 11 is 0. The van der Waals surface area contributed by atoms with E-state index < -0.39 is 11.7 Å². The molecule has 26 heavy (non-hydrogen) atoms. The van der Waals surface area contributed by atoms with E-state index in [0.717, 1.165) is 19.6 Å². The molecule has 1 aromatic rings. The molecule has 2 amide bonds. The van der Waals surface area contributed by atoms with Gasteiger partial charge >= 0.3 is 6.09 Å². The van der Waals surface area contributed by atoms with Crippen molar-refractivity contribution in [3.8, 4) is 0 Å². The van der Waals surface area contributed by atoms with Crippen molar-refractivity contribution in [2.45, 2.75) is 52.2 Å². The molecule has 0 radical (unpaired) electrons. The summed E-state index contributed by atoms with van der Waals surface area (Å²) in [6.45, 7) is 11.2. The highest BCUT2D eigenvalue weighted by molar-refractivity contribution is 5.91. The lowest BCUT2D eigenvalue weighted by Gasteiger charge is -2.28. The molecular formula is C18H30N4O4. The van der Waals surface area contributed by atoms with Gasteiger partial charge in [-0.1, -0.05) is 5.16 Å². The fraction of sp³-hybridized carbons (Fsp3) is 0.722. The maximum absolute atomic E-state index is 12.7. The van der Waals surface area contributed by atoms with E-state index in [1.807, 2.05) is 27.7 Å². The van der Waals surface area contributed by atoms with Crippen LogP contribution in [0.3, 0.4) is 0 Å². The number of alkyl carbamates (subject to hydrolysis) is 1. The van der Waals surface area contributed by atoms with E-state index in [1.165, 1.54) is 19.0 Å². The van der Waals surface area contributed by atoms with E-state index in [4.69, 9.17) is 9.26 Å². The van der Waals surface area contributed by atoms with Crippen LogP contribution in [0.15, 0.2) is 16.8 Å². The molecule has 0 spiro atoms. The van der Waals surface area contributed by atoms with E-state index in [2.05, 4.69) is 15.4 Å². The molecule has 1 aromatic heterocycles. The van der Waals surface area contributed by atoms with Crippen molar-refractivity contribution in [2.24, 2.45) is 0 Å². The Hall–Kier alpha value is -2.09. The minimum absolute atomic E-state index is 0.205. The maximum Gasteiger partial charge on any atom is 0.407 e. The molecule has 1 saturated heterocycles. The van der Waals surface area contributed by atoms with E-state index in [1.54, 1.807) is 11.0 Å². The smallest absolute Gasteiger partial charge is 0.407 e. The predicted octanol–water partition coefficient (Wildman–Crippen LogP) is 2.13. The molecule has 8 heteroatoms. The summed E-state index contributed by atoms with van der Waals surface area (Å²) in [5, 5.41) is 6.39. The number of rotatable bonds is 7. The molecule has 2 heterocycles. The van der Waals surface area contributed by atoms with Crippen LogP contribution in [0, 0.1) is 0 Å². The Morgan fingerprint density at radius 3 is 2.65 bits per heavy atom. The van der Waals surface area contributed by atoms with E-state index in [0.29, 0.717) is 13.1 Å². The van der Waals surface area contributed by atoms with Crippen molar-refractivity contribution in [1.29, 1.82) is 0 Å². The van der Waals surface area contributed by atoms with Gasteiger partial charge in [-0.25, -0.2) is 4.79 Å². The van der Waals surface area contributed by atoms with Gasteiger partial charge in [0.05, 0.1) is 6.20 Å². The Labute approximate surface area is 154 Å². The number of nitrogens with one attached hydrogen (secondary N) is 1. The van der Waals surface area contributed by atoms with Crippen molar-refractivity contribution in [3.05, 3.63) is 18.0 Å². The van der Waals surface area contributed by atoms with Crippen molar-refractivity contribution >= 4 is 12.0 Å². The molecule has 146 valence electrons. The number of likely N-dealkylation sites (tertiary alicyclic amines) is 1. The van der Waals surface area contributed by atoms with Crippen LogP contribution in [-0.2, 0) is 4.74 Å². The quantitative estimate of drug-likeness (QED) is 0.795. The molecule has 1 unspecified atom stereocenters. The third-order valence-corrected chi connectivity index (χ3v) is 4.08. The van der Waals surface area contributed by atoms with Crippen molar-refractivity contribution in [2.75, 3.05) is 32.7 Å². The van der Waals surface area contributed by atoms with Gasteiger partial charge < -0.3 is 24.4 Å². The van der Waals surface area contributed by atoms with Gasteiger partial charge in [0.1, 0.15) is 5.60 Å². The largest absolute Gasteiger partial charge is 0.444 e. The topological polar surface area (TPSA) is 87.9 Å². The van der Waals surface area contributed by atoms with Crippen LogP contribution in [0.4, 0.5) is 4.79 Å². The first-order valence-corrected chi connectivity index (χ1v) is 9.16. The van der Waals surface area contributed by atoms with Gasteiger partial charge in [0.2, 0.25) is 5.76 Å². The van der Waals surface area contributed by atoms with Gasteiger partial charge in [0.15, 0.2) is 0 Å². The average molecular weight is 366 g/mol. The van der Waals surface area contributed by atoms with Crippen LogP contribution < -0.4 is 5.32 Å². The zero-order chi connectivity index (χ0) is 19.2. The van der Waals surface area contributed by atoms with Gasteiger partial charge in [-0.2, -0.15) is 0 Å².